The van der Waals surface area contributed by atoms with E-state index in [9.17, 15) is 0 Å². The molecule has 3 saturated carbocycles. The number of hydrogen-bond donors (Lipinski definition) is 0. The Hall–Kier alpha value is -2.60. The van der Waals surface area contributed by atoms with Gasteiger partial charge in [-0.2, -0.15) is 0 Å². The van der Waals surface area contributed by atoms with Crippen LogP contribution in [0.2, 0.25) is 0 Å². The molecule has 0 aromatic heterocycles. The molecule has 15 aliphatic carbocycles. The second-order valence-electron chi connectivity index (χ2n) is 17.1. The third kappa shape index (κ3) is 1.26. The van der Waals surface area contributed by atoms with Crippen molar-refractivity contribution in [3.05, 3.63) is 104 Å². The van der Waals surface area contributed by atoms with Crippen molar-refractivity contribution in [1.82, 2.24) is 0 Å². The number of fused-ring (bicyclic) bond motifs is 5. The van der Waals surface area contributed by atoms with E-state index in [1.165, 1.54) is 12.8 Å². The number of allylic oxidation sites excluding steroid dienone is 14. The molecule has 15 aliphatic rings. The van der Waals surface area contributed by atoms with E-state index >= 15 is 0 Å². The lowest BCUT2D eigenvalue weighted by atomic mass is 9.58. The van der Waals surface area contributed by atoms with Crippen LogP contribution in [0.5, 0.6) is 0 Å². The van der Waals surface area contributed by atoms with Crippen LogP contribution in [-0.4, -0.2) is 0 Å². The van der Waals surface area contributed by atoms with Crippen molar-refractivity contribution in [3.63, 3.8) is 0 Å². The number of rotatable bonds is 0. The zero-order chi connectivity index (χ0) is 24.4. The molecule has 16 rings (SSSR count). The molecule has 0 heteroatoms. The molecule has 40 heavy (non-hydrogen) atoms. The van der Waals surface area contributed by atoms with Crippen LogP contribution in [0.1, 0.15) is 69.9 Å². The molecule has 0 aliphatic heterocycles. The Kier molecular flexibility index (Phi) is 2.17. The van der Waals surface area contributed by atoms with E-state index in [1.807, 2.05) is 66.8 Å². The first-order valence-corrected chi connectivity index (χ1v) is 17.1. The van der Waals surface area contributed by atoms with Gasteiger partial charge in [-0.3, -0.25) is 0 Å². The average molecular weight is 511 g/mol. The third-order valence-electron chi connectivity index (χ3n) is 17.2. The summed E-state index contributed by atoms with van der Waals surface area (Å²) in [4.78, 5) is 0. The zero-order valence-corrected chi connectivity index (χ0v) is 22.4. The van der Waals surface area contributed by atoms with E-state index in [0.29, 0.717) is 0 Å². The highest BCUT2D eigenvalue weighted by atomic mass is 14.8. The smallest absolute Gasteiger partial charge is 0.00119 e. The van der Waals surface area contributed by atoms with Crippen molar-refractivity contribution in [2.24, 2.45) is 82.9 Å². The molecule has 0 heterocycles. The fraction of sp³-hybridized carbons (Fsp3) is 0.500. The Morgan fingerprint density at radius 1 is 0.325 bits per heavy atom. The summed E-state index contributed by atoms with van der Waals surface area (Å²) in [5.74, 6) is 14.2. The molecule has 1 aromatic carbocycles. The SMILES string of the molecule is C1=CC2C3C=CC4C5CCC6c7c5c5c8c9c7C7C6C=CC6C%10C=CC%11C1C1C%12=C(C8=C(C21)C3C54)C9=C(C%10C%12%11)C67. The molecule has 0 amide bonds. The number of hydrogen-bond acceptors (Lipinski definition) is 0. The van der Waals surface area contributed by atoms with Crippen molar-refractivity contribution in [1.29, 1.82) is 0 Å². The molecule has 3 fully saturated rings. The summed E-state index contributed by atoms with van der Waals surface area (Å²) in [7, 11) is 0. The van der Waals surface area contributed by atoms with Crippen molar-refractivity contribution >= 4 is 11.1 Å². The first-order valence-electron chi connectivity index (χ1n) is 17.1. The van der Waals surface area contributed by atoms with Crippen LogP contribution in [-0.2, 0) is 0 Å². The van der Waals surface area contributed by atoms with E-state index in [2.05, 4.69) is 48.6 Å². The van der Waals surface area contributed by atoms with Crippen LogP contribution in [0.15, 0.2) is 70.9 Å². The highest BCUT2D eigenvalue weighted by Gasteiger charge is 2.74. The van der Waals surface area contributed by atoms with Crippen molar-refractivity contribution in [3.8, 4) is 0 Å². The fourth-order valence-electron chi connectivity index (χ4n) is 17.2. The van der Waals surface area contributed by atoms with Crippen LogP contribution in [0.25, 0.3) is 11.1 Å². The van der Waals surface area contributed by atoms with Crippen LogP contribution >= 0.6 is 0 Å². The Morgan fingerprint density at radius 3 is 1.05 bits per heavy atom. The summed E-state index contributed by atoms with van der Waals surface area (Å²) in [6, 6.07) is 0. The standard InChI is InChI=1S/C40H30/c1-2-12-14-5-6-16-18-9-10-20-19-8-7-17-15-4-3-13-11(1)21-22(12)32-24(14)26(16)34-29(18)30(20)35-28(19)27(17)33-25(15)23(13)31(21)36-37(32)39(34)40(35)38(33)36/h1-8,11-28H,9-10H2. The van der Waals surface area contributed by atoms with E-state index in [-0.39, 0.29) is 0 Å². The largest absolute Gasteiger partial charge is 0.0839 e. The summed E-state index contributed by atoms with van der Waals surface area (Å²) in [6.45, 7) is 0. The summed E-state index contributed by atoms with van der Waals surface area (Å²) in [5, 5.41) is 0. The van der Waals surface area contributed by atoms with E-state index < -0.39 is 0 Å². The van der Waals surface area contributed by atoms with Crippen molar-refractivity contribution < 1.29 is 0 Å². The maximum Gasteiger partial charge on any atom is -0.00119 e. The van der Waals surface area contributed by atoms with Gasteiger partial charge >= 0.3 is 0 Å². The monoisotopic (exact) mass is 510 g/mol. The molecule has 0 bridgehead atoms. The first-order chi connectivity index (χ1) is 19.9. The minimum absolute atomic E-state index is 0.756. The summed E-state index contributed by atoms with van der Waals surface area (Å²) in [5.41, 5.74) is 23.5. The van der Waals surface area contributed by atoms with Crippen molar-refractivity contribution in [2.75, 3.05) is 0 Å². The molecule has 18 atom stereocenters. The van der Waals surface area contributed by atoms with E-state index in [1.54, 1.807) is 0 Å². The molecule has 18 unspecified atom stereocenters. The number of benzene rings is 1. The molecule has 0 saturated heterocycles. The van der Waals surface area contributed by atoms with E-state index in [4.69, 9.17) is 0 Å². The van der Waals surface area contributed by atoms with E-state index in [0.717, 1.165) is 107 Å². The molecule has 0 radical (unpaired) electrons. The van der Waals surface area contributed by atoms with Gasteiger partial charge in [0.05, 0.1) is 0 Å². The Balaban J connectivity index is 1.22. The Labute approximate surface area is 234 Å². The lowest BCUT2D eigenvalue weighted by Crippen LogP contribution is -2.35. The van der Waals surface area contributed by atoms with Crippen LogP contribution in [0.3, 0.4) is 0 Å². The van der Waals surface area contributed by atoms with Gasteiger partial charge < -0.3 is 0 Å². The predicted molar refractivity (Wildman–Crippen MR) is 153 cm³/mol. The molecule has 1 aromatic rings. The maximum absolute atomic E-state index is 2.82. The lowest BCUT2D eigenvalue weighted by Gasteiger charge is -2.45. The lowest BCUT2D eigenvalue weighted by molar-refractivity contribution is 0.232. The maximum atomic E-state index is 2.82. The molecule has 0 spiro atoms. The van der Waals surface area contributed by atoms with Crippen LogP contribution in [0, 0.1) is 82.9 Å². The normalized spacial score (nSPS) is 61.1. The van der Waals surface area contributed by atoms with Gasteiger partial charge in [-0.25, -0.2) is 0 Å². The molecule has 0 nitrogen and oxygen atoms in total. The summed E-state index contributed by atoms with van der Waals surface area (Å²) in [6.07, 6.45) is 25.4. The van der Waals surface area contributed by atoms with Gasteiger partial charge in [-0.1, -0.05) is 65.3 Å². The first kappa shape index (κ1) is 18.0. The van der Waals surface area contributed by atoms with Gasteiger partial charge in [0.15, 0.2) is 0 Å². The fourth-order valence-corrected chi connectivity index (χ4v) is 17.2. The van der Waals surface area contributed by atoms with Crippen molar-refractivity contribution in [2.45, 2.75) is 36.5 Å². The van der Waals surface area contributed by atoms with Gasteiger partial charge in [0, 0.05) is 0 Å². The third-order valence-corrected chi connectivity index (χ3v) is 17.2. The predicted octanol–water partition coefficient (Wildman–Crippen LogP) is 7.66. The van der Waals surface area contributed by atoms with Gasteiger partial charge in [0.25, 0.3) is 0 Å². The van der Waals surface area contributed by atoms with Gasteiger partial charge in [0.2, 0.25) is 0 Å². The van der Waals surface area contributed by atoms with Crippen LogP contribution in [0.4, 0.5) is 0 Å². The van der Waals surface area contributed by atoms with Gasteiger partial charge in [-0.15, -0.1) is 0 Å². The second-order valence-corrected chi connectivity index (χ2v) is 17.1. The molecular formula is C40H30. The molecule has 0 N–H and O–H groups in total. The minimum Gasteiger partial charge on any atom is -0.0839 e. The summed E-state index contributed by atoms with van der Waals surface area (Å²) >= 11 is 0. The highest BCUT2D eigenvalue weighted by molar-refractivity contribution is 6.16. The van der Waals surface area contributed by atoms with Gasteiger partial charge in [0.1, 0.15) is 0 Å². The Bertz CT molecular complexity index is 1840. The van der Waals surface area contributed by atoms with Crippen LogP contribution < -0.4 is 0 Å². The van der Waals surface area contributed by atoms with Gasteiger partial charge in [-0.05, 0) is 169 Å². The minimum atomic E-state index is 0.756. The second kappa shape index (κ2) is 4.81. The zero-order valence-electron chi connectivity index (χ0n) is 22.4. The topological polar surface area (TPSA) is 0 Å². The average Bonchev–Trinajstić information content (AvgIpc) is 3.79. The molecular weight excluding hydrogens is 480 g/mol. The Morgan fingerprint density at radius 2 is 0.650 bits per heavy atom. The summed E-state index contributed by atoms with van der Waals surface area (Å²) < 4.78 is 0. The molecule has 190 valence electrons. The highest BCUT2D eigenvalue weighted by Crippen LogP contribution is 2.85. The quantitative estimate of drug-likeness (QED) is 0.314.